The molecule has 0 saturated heterocycles. The summed E-state index contributed by atoms with van der Waals surface area (Å²) in [5.41, 5.74) is 0.599. The van der Waals surface area contributed by atoms with Gasteiger partial charge in [-0.2, -0.15) is 0 Å². The van der Waals surface area contributed by atoms with Crippen molar-refractivity contribution < 1.29 is 18.0 Å². The van der Waals surface area contributed by atoms with Gasteiger partial charge in [-0.3, -0.25) is 9.59 Å². The molecule has 0 heterocycles. The SMILES string of the molecule is CC(C)(C)NC(=O)CNC(=O)CCNS(=O)(=O)c1ccc(C(C)(C)C)cc1. The third kappa shape index (κ3) is 8.53. The van der Waals surface area contributed by atoms with E-state index in [9.17, 15) is 18.0 Å². The van der Waals surface area contributed by atoms with Crippen molar-refractivity contribution in [1.82, 2.24) is 15.4 Å². The molecule has 8 heteroatoms. The van der Waals surface area contributed by atoms with E-state index in [0.717, 1.165) is 5.56 Å². The van der Waals surface area contributed by atoms with Crippen LogP contribution in [-0.2, 0) is 25.0 Å². The van der Waals surface area contributed by atoms with Gasteiger partial charge in [0.1, 0.15) is 0 Å². The number of hydrogen-bond donors (Lipinski definition) is 3. The summed E-state index contributed by atoms with van der Waals surface area (Å²) in [6.45, 7) is 11.5. The highest BCUT2D eigenvalue weighted by atomic mass is 32.2. The van der Waals surface area contributed by atoms with Gasteiger partial charge in [0.2, 0.25) is 21.8 Å². The Hall–Kier alpha value is -1.93. The molecule has 0 radical (unpaired) electrons. The summed E-state index contributed by atoms with van der Waals surface area (Å²) >= 11 is 0. The first-order valence-electron chi connectivity index (χ1n) is 8.89. The minimum absolute atomic E-state index is 0.0456. The number of rotatable bonds is 7. The van der Waals surface area contributed by atoms with E-state index in [0.29, 0.717) is 0 Å². The minimum atomic E-state index is -3.68. The largest absolute Gasteiger partial charge is 0.350 e. The second kappa shape index (κ2) is 8.84. The molecule has 0 atom stereocenters. The molecule has 0 saturated carbocycles. The summed E-state index contributed by atoms with van der Waals surface area (Å²) in [6, 6.07) is 6.68. The van der Waals surface area contributed by atoms with E-state index in [2.05, 4.69) is 36.1 Å². The van der Waals surface area contributed by atoms with Crippen molar-refractivity contribution in [3.05, 3.63) is 29.8 Å². The first-order chi connectivity index (χ1) is 12.2. The van der Waals surface area contributed by atoms with Crippen LogP contribution >= 0.6 is 0 Å². The van der Waals surface area contributed by atoms with Crippen LogP contribution in [0.1, 0.15) is 53.5 Å². The Kier molecular flexibility index (Phi) is 7.57. The van der Waals surface area contributed by atoms with Gasteiger partial charge >= 0.3 is 0 Å². The number of carbonyl (C=O) groups excluding carboxylic acids is 2. The fourth-order valence-electron chi connectivity index (χ4n) is 2.25. The topological polar surface area (TPSA) is 104 Å². The van der Waals surface area contributed by atoms with Crippen LogP contribution in [0.5, 0.6) is 0 Å². The summed E-state index contributed by atoms with van der Waals surface area (Å²) in [4.78, 5) is 23.6. The van der Waals surface area contributed by atoms with E-state index >= 15 is 0 Å². The predicted octanol–water partition coefficient (Wildman–Crippen LogP) is 1.68. The number of hydrogen-bond acceptors (Lipinski definition) is 4. The average molecular weight is 398 g/mol. The van der Waals surface area contributed by atoms with Crippen molar-refractivity contribution >= 4 is 21.8 Å². The maximum Gasteiger partial charge on any atom is 0.240 e. The summed E-state index contributed by atoms with van der Waals surface area (Å²) < 4.78 is 27.0. The zero-order valence-corrected chi connectivity index (χ0v) is 17.8. The molecule has 152 valence electrons. The molecule has 1 rings (SSSR count). The standard InChI is InChI=1S/C19H31N3O4S/c1-18(2,3)14-7-9-15(10-8-14)27(25,26)21-12-11-16(23)20-13-17(24)22-19(4,5)6/h7-10,21H,11-13H2,1-6H3,(H,20,23)(H,22,24). The van der Waals surface area contributed by atoms with Gasteiger partial charge in [0, 0.05) is 18.5 Å². The van der Waals surface area contributed by atoms with E-state index in [-0.39, 0.29) is 41.3 Å². The molecule has 7 nitrogen and oxygen atoms in total. The molecule has 0 aliphatic heterocycles. The van der Waals surface area contributed by atoms with Crippen LogP contribution in [0.15, 0.2) is 29.2 Å². The molecule has 0 aliphatic rings. The summed E-state index contributed by atoms with van der Waals surface area (Å²) in [7, 11) is -3.68. The third-order valence-electron chi connectivity index (χ3n) is 3.64. The van der Waals surface area contributed by atoms with Gasteiger partial charge in [-0.25, -0.2) is 13.1 Å². The van der Waals surface area contributed by atoms with Gasteiger partial charge in [-0.05, 0) is 43.9 Å². The summed E-state index contributed by atoms with van der Waals surface area (Å²) in [5.74, 6) is -0.694. The zero-order chi connectivity index (χ0) is 20.9. The second-order valence-electron chi connectivity index (χ2n) is 8.50. The molecule has 0 fully saturated rings. The van der Waals surface area contributed by atoms with Crippen LogP contribution in [0.25, 0.3) is 0 Å². The van der Waals surface area contributed by atoms with Crippen LogP contribution in [0.3, 0.4) is 0 Å². The van der Waals surface area contributed by atoms with E-state index in [1.807, 2.05) is 20.8 Å². The van der Waals surface area contributed by atoms with Crippen molar-refractivity contribution in [2.24, 2.45) is 0 Å². The van der Waals surface area contributed by atoms with Crippen LogP contribution in [0.4, 0.5) is 0 Å². The van der Waals surface area contributed by atoms with Gasteiger partial charge in [-0.15, -0.1) is 0 Å². The van der Waals surface area contributed by atoms with Crippen molar-refractivity contribution in [1.29, 1.82) is 0 Å². The maximum absolute atomic E-state index is 12.3. The normalized spacial score (nSPS) is 12.5. The van der Waals surface area contributed by atoms with Crippen molar-refractivity contribution in [3.63, 3.8) is 0 Å². The highest BCUT2D eigenvalue weighted by molar-refractivity contribution is 7.89. The zero-order valence-electron chi connectivity index (χ0n) is 17.0. The van der Waals surface area contributed by atoms with Crippen LogP contribution in [0, 0.1) is 0 Å². The van der Waals surface area contributed by atoms with Crippen LogP contribution in [0.2, 0.25) is 0 Å². The first kappa shape index (κ1) is 23.1. The summed E-state index contributed by atoms with van der Waals surface area (Å²) in [5, 5.41) is 5.20. The summed E-state index contributed by atoms with van der Waals surface area (Å²) in [6.07, 6.45) is -0.0535. The van der Waals surface area contributed by atoms with Crippen molar-refractivity contribution in [3.8, 4) is 0 Å². The molecule has 0 aliphatic carbocycles. The van der Waals surface area contributed by atoms with E-state index in [1.54, 1.807) is 24.3 Å². The Morgan fingerprint density at radius 2 is 1.48 bits per heavy atom. The fraction of sp³-hybridized carbons (Fsp3) is 0.579. The molecule has 1 aromatic rings. The second-order valence-corrected chi connectivity index (χ2v) is 10.3. The van der Waals surface area contributed by atoms with Crippen molar-refractivity contribution in [2.75, 3.05) is 13.1 Å². The lowest BCUT2D eigenvalue weighted by Gasteiger charge is -2.20. The Morgan fingerprint density at radius 1 is 0.926 bits per heavy atom. The molecule has 0 bridgehead atoms. The fourth-order valence-corrected chi connectivity index (χ4v) is 3.28. The molecule has 27 heavy (non-hydrogen) atoms. The number of amides is 2. The Bertz CT molecular complexity index is 758. The van der Waals surface area contributed by atoms with Crippen LogP contribution < -0.4 is 15.4 Å². The lowest BCUT2D eigenvalue weighted by Crippen LogP contribution is -2.46. The highest BCUT2D eigenvalue weighted by Crippen LogP contribution is 2.23. The minimum Gasteiger partial charge on any atom is -0.350 e. The molecule has 0 unspecified atom stereocenters. The highest BCUT2D eigenvalue weighted by Gasteiger charge is 2.18. The van der Waals surface area contributed by atoms with Gasteiger partial charge in [0.05, 0.1) is 11.4 Å². The van der Waals surface area contributed by atoms with Crippen LogP contribution in [-0.4, -0.2) is 38.9 Å². The number of sulfonamides is 1. The Morgan fingerprint density at radius 3 is 1.96 bits per heavy atom. The molecule has 0 aromatic heterocycles. The molecular weight excluding hydrogens is 366 g/mol. The molecule has 2 amide bonds. The number of benzene rings is 1. The Balaban J connectivity index is 2.48. The third-order valence-corrected chi connectivity index (χ3v) is 5.11. The Labute approximate surface area is 162 Å². The molecular formula is C19H31N3O4S. The molecule has 3 N–H and O–H groups in total. The average Bonchev–Trinajstić information content (AvgIpc) is 2.50. The van der Waals surface area contributed by atoms with E-state index in [1.165, 1.54) is 0 Å². The lowest BCUT2D eigenvalue weighted by atomic mass is 9.87. The molecule has 0 spiro atoms. The van der Waals surface area contributed by atoms with Gasteiger partial charge in [0.15, 0.2) is 0 Å². The number of nitrogens with one attached hydrogen (secondary N) is 3. The monoisotopic (exact) mass is 397 g/mol. The van der Waals surface area contributed by atoms with Gasteiger partial charge < -0.3 is 10.6 Å². The smallest absolute Gasteiger partial charge is 0.240 e. The maximum atomic E-state index is 12.3. The van der Waals surface area contributed by atoms with Crippen molar-refractivity contribution in [2.45, 2.75) is 63.8 Å². The lowest BCUT2D eigenvalue weighted by molar-refractivity contribution is -0.126. The van der Waals surface area contributed by atoms with E-state index < -0.39 is 15.9 Å². The van der Waals surface area contributed by atoms with E-state index in [4.69, 9.17) is 0 Å². The van der Waals surface area contributed by atoms with Gasteiger partial charge in [-0.1, -0.05) is 32.9 Å². The van der Waals surface area contributed by atoms with Gasteiger partial charge in [0.25, 0.3) is 0 Å². The molecule has 1 aromatic carbocycles. The predicted molar refractivity (Wildman–Crippen MR) is 106 cm³/mol. The number of carbonyl (C=O) groups is 2. The first-order valence-corrected chi connectivity index (χ1v) is 10.4. The quantitative estimate of drug-likeness (QED) is 0.651.